The Balaban J connectivity index is 2.17. The standard InChI is InChI=1S/C15H21ClFNO/c1-11-6-7-15(11,10-18-8-9-19-2)12-4-3-5-13(16)14(12)17/h3-5,11,18H,6-10H2,1-2H3. The molecule has 19 heavy (non-hydrogen) atoms. The van der Waals surface area contributed by atoms with Gasteiger partial charge in [0.2, 0.25) is 0 Å². The van der Waals surface area contributed by atoms with Crippen molar-refractivity contribution < 1.29 is 9.13 Å². The maximum absolute atomic E-state index is 14.3. The molecule has 0 amide bonds. The molecule has 0 heterocycles. The maximum Gasteiger partial charge on any atom is 0.145 e. The predicted molar refractivity (Wildman–Crippen MR) is 76.2 cm³/mol. The molecule has 2 unspecified atom stereocenters. The smallest absolute Gasteiger partial charge is 0.145 e. The number of methoxy groups -OCH3 is 1. The van der Waals surface area contributed by atoms with Crippen molar-refractivity contribution in [3.8, 4) is 0 Å². The monoisotopic (exact) mass is 285 g/mol. The second-order valence-corrected chi connectivity index (χ2v) is 5.77. The van der Waals surface area contributed by atoms with Gasteiger partial charge in [0, 0.05) is 25.6 Å². The fourth-order valence-electron chi connectivity index (χ4n) is 2.91. The van der Waals surface area contributed by atoms with E-state index in [1.54, 1.807) is 13.2 Å². The minimum absolute atomic E-state index is 0.122. The number of nitrogens with one attached hydrogen (secondary N) is 1. The summed E-state index contributed by atoms with van der Waals surface area (Å²) in [6.07, 6.45) is 2.14. The van der Waals surface area contributed by atoms with Crippen LogP contribution >= 0.6 is 11.6 Å². The summed E-state index contributed by atoms with van der Waals surface area (Å²) in [5.41, 5.74) is 0.631. The summed E-state index contributed by atoms with van der Waals surface area (Å²) in [6.45, 7) is 4.41. The Morgan fingerprint density at radius 3 is 2.89 bits per heavy atom. The third-order valence-corrected chi connectivity index (χ3v) is 4.67. The molecule has 2 atom stereocenters. The van der Waals surface area contributed by atoms with Crippen molar-refractivity contribution in [2.45, 2.75) is 25.2 Å². The van der Waals surface area contributed by atoms with Crippen molar-refractivity contribution in [3.05, 3.63) is 34.6 Å². The summed E-state index contributed by atoms with van der Waals surface area (Å²) in [6, 6.07) is 5.31. The minimum Gasteiger partial charge on any atom is -0.383 e. The Labute approximate surface area is 119 Å². The first-order valence-corrected chi connectivity index (χ1v) is 7.14. The van der Waals surface area contributed by atoms with Gasteiger partial charge in [-0.25, -0.2) is 4.39 Å². The molecule has 1 fully saturated rings. The SMILES string of the molecule is COCCNCC1(c2cccc(Cl)c2F)CCC1C. The molecule has 1 aliphatic carbocycles. The zero-order valence-corrected chi connectivity index (χ0v) is 12.3. The van der Waals surface area contributed by atoms with E-state index >= 15 is 0 Å². The number of ether oxygens (including phenoxy) is 1. The molecule has 2 nitrogen and oxygen atoms in total. The van der Waals surface area contributed by atoms with E-state index in [0.29, 0.717) is 12.5 Å². The van der Waals surface area contributed by atoms with Gasteiger partial charge >= 0.3 is 0 Å². The van der Waals surface area contributed by atoms with Crippen LogP contribution in [-0.4, -0.2) is 26.8 Å². The van der Waals surface area contributed by atoms with E-state index < -0.39 is 0 Å². The maximum atomic E-state index is 14.3. The molecule has 0 aromatic heterocycles. The van der Waals surface area contributed by atoms with Gasteiger partial charge in [0.05, 0.1) is 11.6 Å². The first kappa shape index (κ1) is 14.8. The van der Waals surface area contributed by atoms with Crippen molar-refractivity contribution in [2.24, 2.45) is 5.92 Å². The summed E-state index contributed by atoms with van der Waals surface area (Å²) < 4.78 is 19.3. The van der Waals surface area contributed by atoms with Gasteiger partial charge in [0.25, 0.3) is 0 Å². The number of hydrogen-bond donors (Lipinski definition) is 1. The van der Waals surface area contributed by atoms with Crippen LogP contribution < -0.4 is 5.32 Å². The summed E-state index contributed by atoms with van der Waals surface area (Å²) in [4.78, 5) is 0. The van der Waals surface area contributed by atoms with E-state index in [4.69, 9.17) is 16.3 Å². The van der Waals surface area contributed by atoms with E-state index in [2.05, 4.69) is 12.2 Å². The quantitative estimate of drug-likeness (QED) is 0.809. The van der Waals surface area contributed by atoms with E-state index in [9.17, 15) is 4.39 Å². The lowest BCUT2D eigenvalue weighted by atomic mass is 9.57. The summed E-state index contributed by atoms with van der Waals surface area (Å²) in [5, 5.41) is 3.59. The predicted octanol–water partition coefficient (Wildman–Crippen LogP) is 3.38. The van der Waals surface area contributed by atoms with Gasteiger partial charge in [-0.2, -0.15) is 0 Å². The van der Waals surface area contributed by atoms with Gasteiger partial charge in [0.15, 0.2) is 0 Å². The topological polar surface area (TPSA) is 21.3 Å². The third kappa shape index (κ3) is 2.78. The molecule has 0 radical (unpaired) electrons. The van der Waals surface area contributed by atoms with Crippen LogP contribution in [0.2, 0.25) is 5.02 Å². The highest BCUT2D eigenvalue weighted by Gasteiger charge is 2.46. The van der Waals surface area contributed by atoms with Crippen LogP contribution in [0.15, 0.2) is 18.2 Å². The van der Waals surface area contributed by atoms with Crippen LogP contribution in [0.4, 0.5) is 4.39 Å². The van der Waals surface area contributed by atoms with E-state index in [0.717, 1.165) is 31.5 Å². The zero-order chi connectivity index (χ0) is 13.9. The van der Waals surface area contributed by atoms with Gasteiger partial charge in [0.1, 0.15) is 5.82 Å². The number of hydrogen-bond acceptors (Lipinski definition) is 2. The van der Waals surface area contributed by atoms with Crippen LogP contribution in [0.3, 0.4) is 0 Å². The highest BCUT2D eigenvalue weighted by atomic mass is 35.5. The largest absolute Gasteiger partial charge is 0.383 e. The fraction of sp³-hybridized carbons (Fsp3) is 0.600. The highest BCUT2D eigenvalue weighted by molar-refractivity contribution is 6.30. The van der Waals surface area contributed by atoms with Gasteiger partial charge in [-0.1, -0.05) is 30.7 Å². The molecular weight excluding hydrogens is 265 g/mol. The zero-order valence-electron chi connectivity index (χ0n) is 11.5. The molecule has 0 saturated heterocycles. The average Bonchev–Trinajstić information content (AvgIpc) is 2.41. The molecule has 1 N–H and O–H groups in total. The van der Waals surface area contributed by atoms with Crippen molar-refractivity contribution in [3.63, 3.8) is 0 Å². The molecular formula is C15H21ClFNO. The van der Waals surface area contributed by atoms with E-state index in [-0.39, 0.29) is 16.3 Å². The molecule has 0 spiro atoms. The average molecular weight is 286 g/mol. The summed E-state index contributed by atoms with van der Waals surface area (Å²) in [5.74, 6) is 0.208. The molecule has 1 aromatic rings. The Hall–Kier alpha value is -0.640. The molecule has 0 aliphatic heterocycles. The fourth-order valence-corrected chi connectivity index (χ4v) is 3.09. The highest BCUT2D eigenvalue weighted by Crippen LogP contribution is 2.49. The molecule has 106 valence electrons. The Morgan fingerprint density at radius 2 is 2.32 bits per heavy atom. The molecule has 4 heteroatoms. The molecule has 0 bridgehead atoms. The van der Waals surface area contributed by atoms with Crippen molar-refractivity contribution >= 4 is 11.6 Å². The first-order valence-electron chi connectivity index (χ1n) is 6.76. The van der Waals surface area contributed by atoms with E-state index in [1.807, 2.05) is 12.1 Å². The van der Waals surface area contributed by atoms with Crippen LogP contribution in [0.5, 0.6) is 0 Å². The van der Waals surface area contributed by atoms with Gasteiger partial charge in [-0.3, -0.25) is 0 Å². The summed E-state index contributed by atoms with van der Waals surface area (Å²) in [7, 11) is 1.68. The molecule has 1 saturated carbocycles. The number of halogens is 2. The second-order valence-electron chi connectivity index (χ2n) is 5.37. The first-order chi connectivity index (χ1) is 9.12. The third-order valence-electron chi connectivity index (χ3n) is 4.38. The normalized spacial score (nSPS) is 26.2. The lowest BCUT2D eigenvalue weighted by molar-refractivity contribution is 0.123. The van der Waals surface area contributed by atoms with E-state index in [1.165, 1.54) is 0 Å². The van der Waals surface area contributed by atoms with Crippen LogP contribution in [0, 0.1) is 11.7 Å². The molecule has 1 aliphatic rings. The van der Waals surface area contributed by atoms with Crippen LogP contribution in [0.25, 0.3) is 0 Å². The number of benzene rings is 1. The van der Waals surface area contributed by atoms with Gasteiger partial charge < -0.3 is 10.1 Å². The Bertz CT molecular complexity index is 440. The lowest BCUT2D eigenvalue weighted by Gasteiger charge is -2.49. The van der Waals surface area contributed by atoms with Crippen molar-refractivity contribution in [1.82, 2.24) is 5.32 Å². The molecule has 2 rings (SSSR count). The second kappa shape index (κ2) is 6.21. The lowest BCUT2D eigenvalue weighted by Crippen LogP contribution is -2.51. The number of rotatable bonds is 6. The Kier molecular flexibility index (Phi) is 4.82. The van der Waals surface area contributed by atoms with Crippen LogP contribution in [0.1, 0.15) is 25.3 Å². The van der Waals surface area contributed by atoms with Crippen molar-refractivity contribution in [1.29, 1.82) is 0 Å². The minimum atomic E-state index is -0.260. The Morgan fingerprint density at radius 1 is 1.53 bits per heavy atom. The van der Waals surface area contributed by atoms with Gasteiger partial charge in [-0.05, 0) is 30.4 Å². The van der Waals surface area contributed by atoms with Gasteiger partial charge in [-0.15, -0.1) is 0 Å². The van der Waals surface area contributed by atoms with Crippen molar-refractivity contribution in [2.75, 3.05) is 26.8 Å². The summed E-state index contributed by atoms with van der Waals surface area (Å²) >= 11 is 5.92. The molecule has 1 aromatic carbocycles. The van der Waals surface area contributed by atoms with Crippen LogP contribution in [-0.2, 0) is 10.2 Å².